The van der Waals surface area contributed by atoms with Gasteiger partial charge in [-0.1, -0.05) is 24.3 Å². The van der Waals surface area contributed by atoms with Crippen LogP contribution in [0.2, 0.25) is 0 Å². The van der Waals surface area contributed by atoms with Crippen LogP contribution in [0.4, 0.5) is 0 Å². The smallest absolute Gasteiger partial charge is 0.269 e. The molecule has 1 aliphatic heterocycles. The minimum atomic E-state index is -3.94. The van der Waals surface area contributed by atoms with Gasteiger partial charge < -0.3 is 5.32 Å². The number of sulfone groups is 1. The van der Waals surface area contributed by atoms with Crippen molar-refractivity contribution in [3.63, 3.8) is 0 Å². The van der Waals surface area contributed by atoms with E-state index in [9.17, 15) is 26.4 Å². The number of hydrogen-bond donors (Lipinski definition) is 1. The molecular formula is C19H20N2O6S2. The Morgan fingerprint density at radius 1 is 1.10 bits per heavy atom. The largest absolute Gasteiger partial charge is 0.350 e. The highest BCUT2D eigenvalue weighted by Crippen LogP contribution is 2.29. The Labute approximate surface area is 169 Å². The van der Waals surface area contributed by atoms with Gasteiger partial charge in [0, 0.05) is 19.2 Å². The molecule has 0 saturated heterocycles. The van der Waals surface area contributed by atoms with E-state index in [-0.39, 0.29) is 28.3 Å². The fourth-order valence-corrected chi connectivity index (χ4v) is 5.26. The van der Waals surface area contributed by atoms with Crippen LogP contribution in [0.25, 0.3) is 0 Å². The number of nitrogens with zero attached hydrogens (tertiary/aromatic N) is 1. The Balaban J connectivity index is 1.63. The Morgan fingerprint density at radius 3 is 2.31 bits per heavy atom. The van der Waals surface area contributed by atoms with Gasteiger partial charge >= 0.3 is 0 Å². The van der Waals surface area contributed by atoms with Crippen molar-refractivity contribution in [2.75, 3.05) is 12.8 Å². The summed E-state index contributed by atoms with van der Waals surface area (Å²) in [4.78, 5) is 24.7. The highest BCUT2D eigenvalue weighted by molar-refractivity contribution is 7.90. The van der Waals surface area contributed by atoms with Gasteiger partial charge in [0.15, 0.2) is 9.84 Å². The first-order valence-electron chi connectivity index (χ1n) is 8.77. The number of fused-ring (bicyclic) bond motifs is 1. The molecule has 0 aromatic heterocycles. The molecular weight excluding hydrogens is 416 g/mol. The molecule has 0 aliphatic carbocycles. The second kappa shape index (κ2) is 7.60. The average Bonchev–Trinajstić information content (AvgIpc) is 2.86. The van der Waals surface area contributed by atoms with E-state index in [1.54, 1.807) is 25.1 Å². The molecule has 2 aromatic rings. The minimum Gasteiger partial charge on any atom is -0.350 e. The van der Waals surface area contributed by atoms with Crippen LogP contribution in [-0.2, 0) is 24.7 Å². The minimum absolute atomic E-state index is 0.0512. The molecule has 3 rings (SSSR count). The molecule has 154 valence electrons. The quantitative estimate of drug-likeness (QED) is 0.733. The molecule has 2 amide bonds. The molecule has 0 saturated carbocycles. The third-order valence-electron chi connectivity index (χ3n) is 4.64. The monoisotopic (exact) mass is 436 g/mol. The standard InChI is InChI=1S/C19H20N2O6S2/c1-13(14-7-9-15(10-8-14)28(2,24)25)20-18(22)11-12-21-19(23)16-5-3-4-6-17(16)29(21,26)27/h3-10,13H,11-12H2,1-2H3,(H,20,22)/t13-/m1/s1. The summed E-state index contributed by atoms with van der Waals surface area (Å²) in [6.07, 6.45) is 0.921. The predicted octanol–water partition coefficient (Wildman–Crippen LogP) is 1.50. The molecule has 0 unspecified atom stereocenters. The summed E-state index contributed by atoms with van der Waals surface area (Å²) in [6, 6.07) is 11.6. The Hall–Kier alpha value is -2.72. The summed E-state index contributed by atoms with van der Waals surface area (Å²) in [5, 5.41) is 2.72. The predicted molar refractivity (Wildman–Crippen MR) is 105 cm³/mol. The van der Waals surface area contributed by atoms with Crippen molar-refractivity contribution in [1.29, 1.82) is 0 Å². The van der Waals surface area contributed by atoms with Crippen LogP contribution < -0.4 is 5.32 Å². The third-order valence-corrected chi connectivity index (χ3v) is 7.61. The summed E-state index contributed by atoms with van der Waals surface area (Å²) in [7, 11) is -7.25. The summed E-state index contributed by atoms with van der Waals surface area (Å²) in [6.45, 7) is 1.46. The molecule has 1 atom stereocenters. The van der Waals surface area contributed by atoms with Crippen molar-refractivity contribution in [2.24, 2.45) is 0 Å². The van der Waals surface area contributed by atoms with Crippen LogP contribution in [-0.4, -0.2) is 45.8 Å². The second-order valence-electron chi connectivity index (χ2n) is 6.76. The maximum atomic E-state index is 12.5. The Morgan fingerprint density at radius 2 is 1.72 bits per heavy atom. The molecule has 29 heavy (non-hydrogen) atoms. The SMILES string of the molecule is C[C@@H](NC(=O)CCN1C(=O)c2ccccc2S1(=O)=O)c1ccc(S(C)(=O)=O)cc1. The van der Waals surface area contributed by atoms with Crippen molar-refractivity contribution in [2.45, 2.75) is 29.2 Å². The maximum Gasteiger partial charge on any atom is 0.269 e. The molecule has 0 fully saturated rings. The molecule has 8 nitrogen and oxygen atoms in total. The number of hydrogen-bond acceptors (Lipinski definition) is 6. The van der Waals surface area contributed by atoms with E-state index in [1.165, 1.54) is 30.3 Å². The summed E-state index contributed by atoms with van der Waals surface area (Å²) < 4.78 is 48.7. The van der Waals surface area contributed by atoms with Gasteiger partial charge in [0.05, 0.1) is 16.5 Å². The number of sulfonamides is 1. The van der Waals surface area contributed by atoms with Crippen LogP contribution in [0.5, 0.6) is 0 Å². The van der Waals surface area contributed by atoms with Gasteiger partial charge in [0.25, 0.3) is 15.9 Å². The first-order valence-corrected chi connectivity index (χ1v) is 12.1. The zero-order chi connectivity index (χ0) is 21.4. The van der Waals surface area contributed by atoms with Gasteiger partial charge in [-0.2, -0.15) is 0 Å². The Kier molecular flexibility index (Phi) is 5.50. The van der Waals surface area contributed by atoms with Gasteiger partial charge in [-0.15, -0.1) is 0 Å². The summed E-state index contributed by atoms with van der Waals surface area (Å²) in [5.74, 6) is -1.07. The van der Waals surface area contributed by atoms with E-state index in [0.29, 0.717) is 9.87 Å². The van der Waals surface area contributed by atoms with Crippen LogP contribution in [0, 0.1) is 0 Å². The van der Waals surface area contributed by atoms with Gasteiger partial charge in [-0.25, -0.2) is 21.1 Å². The topological polar surface area (TPSA) is 118 Å². The molecule has 1 aliphatic rings. The number of carbonyl (C=O) groups excluding carboxylic acids is 2. The van der Waals surface area contributed by atoms with E-state index >= 15 is 0 Å². The number of rotatable bonds is 6. The second-order valence-corrected chi connectivity index (χ2v) is 10.6. The van der Waals surface area contributed by atoms with E-state index in [1.807, 2.05) is 0 Å². The average molecular weight is 437 g/mol. The van der Waals surface area contributed by atoms with E-state index < -0.39 is 37.7 Å². The molecule has 0 radical (unpaired) electrons. The molecule has 0 spiro atoms. The summed E-state index contributed by atoms with van der Waals surface area (Å²) >= 11 is 0. The third kappa shape index (κ3) is 4.18. The fraction of sp³-hybridized carbons (Fsp3) is 0.263. The van der Waals surface area contributed by atoms with Crippen molar-refractivity contribution in [1.82, 2.24) is 9.62 Å². The van der Waals surface area contributed by atoms with Gasteiger partial charge in [-0.3, -0.25) is 9.59 Å². The molecule has 10 heteroatoms. The van der Waals surface area contributed by atoms with E-state index in [0.717, 1.165) is 6.26 Å². The van der Waals surface area contributed by atoms with Crippen molar-refractivity contribution >= 4 is 31.7 Å². The molecule has 1 heterocycles. The van der Waals surface area contributed by atoms with Crippen LogP contribution in [0.3, 0.4) is 0 Å². The first-order chi connectivity index (χ1) is 13.5. The van der Waals surface area contributed by atoms with Crippen LogP contribution in [0.15, 0.2) is 58.3 Å². The fourth-order valence-electron chi connectivity index (χ4n) is 3.06. The normalized spacial score (nSPS) is 16.3. The number of benzene rings is 2. The number of carbonyl (C=O) groups is 2. The van der Waals surface area contributed by atoms with Crippen LogP contribution >= 0.6 is 0 Å². The first kappa shape index (κ1) is 21.0. The highest BCUT2D eigenvalue weighted by Gasteiger charge is 2.40. The highest BCUT2D eigenvalue weighted by atomic mass is 32.2. The maximum absolute atomic E-state index is 12.5. The zero-order valence-corrected chi connectivity index (χ0v) is 17.5. The lowest BCUT2D eigenvalue weighted by Gasteiger charge is -2.17. The van der Waals surface area contributed by atoms with Crippen molar-refractivity contribution in [3.05, 3.63) is 59.7 Å². The van der Waals surface area contributed by atoms with Crippen molar-refractivity contribution in [3.8, 4) is 0 Å². The van der Waals surface area contributed by atoms with E-state index in [2.05, 4.69) is 5.32 Å². The van der Waals surface area contributed by atoms with Crippen molar-refractivity contribution < 1.29 is 26.4 Å². The van der Waals surface area contributed by atoms with Gasteiger partial charge in [-0.05, 0) is 36.8 Å². The summed E-state index contributed by atoms with van der Waals surface area (Å²) in [5.41, 5.74) is 0.801. The molecule has 1 N–H and O–H groups in total. The molecule has 2 aromatic carbocycles. The molecule has 0 bridgehead atoms. The Bertz CT molecular complexity index is 1170. The van der Waals surface area contributed by atoms with Gasteiger partial charge in [0.2, 0.25) is 5.91 Å². The zero-order valence-electron chi connectivity index (χ0n) is 15.8. The lowest BCUT2D eigenvalue weighted by Crippen LogP contribution is -2.35. The van der Waals surface area contributed by atoms with Crippen LogP contribution in [0.1, 0.15) is 35.3 Å². The van der Waals surface area contributed by atoms with Gasteiger partial charge in [0.1, 0.15) is 4.90 Å². The number of amides is 2. The van der Waals surface area contributed by atoms with E-state index in [4.69, 9.17) is 0 Å². The number of nitrogens with one attached hydrogen (secondary N) is 1. The lowest BCUT2D eigenvalue weighted by atomic mass is 10.1. The lowest BCUT2D eigenvalue weighted by molar-refractivity contribution is -0.121.